The fourth-order valence-corrected chi connectivity index (χ4v) is 0.785. The summed E-state index contributed by atoms with van der Waals surface area (Å²) in [5, 5.41) is 0. The molecule has 0 atom stereocenters. The first-order valence-electron chi connectivity index (χ1n) is 3.91. The average Bonchev–Trinajstić information content (AvgIpc) is 2.06. The van der Waals surface area contributed by atoms with E-state index in [0.717, 1.165) is 12.8 Å². The summed E-state index contributed by atoms with van der Waals surface area (Å²) in [5.41, 5.74) is 0.380. The van der Waals surface area contributed by atoms with E-state index in [1.165, 1.54) is 0 Å². The SMILES string of the molecule is C=C(C)C(=O)OC1=CCCCO1. The minimum absolute atomic E-state index is 0.314. The molecule has 0 aromatic heterocycles. The van der Waals surface area contributed by atoms with Crippen molar-refractivity contribution in [1.82, 2.24) is 0 Å². The summed E-state index contributed by atoms with van der Waals surface area (Å²) in [4.78, 5) is 11.0. The van der Waals surface area contributed by atoms with Gasteiger partial charge in [0, 0.05) is 5.57 Å². The first kappa shape index (κ1) is 8.84. The van der Waals surface area contributed by atoms with E-state index < -0.39 is 5.97 Å². The monoisotopic (exact) mass is 168 g/mol. The van der Waals surface area contributed by atoms with Crippen LogP contribution < -0.4 is 0 Å². The lowest BCUT2D eigenvalue weighted by Crippen LogP contribution is -2.10. The molecule has 1 aliphatic heterocycles. The van der Waals surface area contributed by atoms with E-state index in [4.69, 9.17) is 9.47 Å². The van der Waals surface area contributed by atoms with Gasteiger partial charge >= 0.3 is 5.97 Å². The van der Waals surface area contributed by atoms with Crippen LogP contribution in [0.2, 0.25) is 0 Å². The van der Waals surface area contributed by atoms with Gasteiger partial charge in [0.1, 0.15) is 0 Å². The Labute approximate surface area is 71.7 Å². The number of carbonyl (C=O) groups is 1. The van der Waals surface area contributed by atoms with E-state index in [1.54, 1.807) is 13.0 Å². The third-order valence-corrected chi connectivity index (χ3v) is 1.45. The molecule has 0 radical (unpaired) electrons. The normalized spacial score (nSPS) is 15.9. The van der Waals surface area contributed by atoms with Crippen LogP contribution in [0.1, 0.15) is 19.8 Å². The van der Waals surface area contributed by atoms with Crippen LogP contribution in [0.3, 0.4) is 0 Å². The zero-order valence-corrected chi connectivity index (χ0v) is 7.13. The minimum atomic E-state index is -0.428. The molecule has 3 nitrogen and oxygen atoms in total. The predicted molar refractivity (Wildman–Crippen MR) is 44.2 cm³/mol. The van der Waals surface area contributed by atoms with Crippen LogP contribution in [-0.2, 0) is 14.3 Å². The van der Waals surface area contributed by atoms with Crippen molar-refractivity contribution < 1.29 is 14.3 Å². The lowest BCUT2D eigenvalue weighted by atomic mass is 10.3. The largest absolute Gasteiger partial charge is 0.465 e. The van der Waals surface area contributed by atoms with Crippen molar-refractivity contribution in [2.75, 3.05) is 6.61 Å². The Hall–Kier alpha value is -1.25. The smallest absolute Gasteiger partial charge is 0.340 e. The number of hydrogen-bond donors (Lipinski definition) is 0. The topological polar surface area (TPSA) is 35.5 Å². The zero-order valence-electron chi connectivity index (χ0n) is 7.13. The van der Waals surface area contributed by atoms with Crippen LogP contribution in [0, 0.1) is 0 Å². The van der Waals surface area contributed by atoms with Crippen molar-refractivity contribution >= 4 is 5.97 Å². The second kappa shape index (κ2) is 3.95. The molecule has 0 fully saturated rings. The number of esters is 1. The van der Waals surface area contributed by atoms with Crippen LogP contribution in [-0.4, -0.2) is 12.6 Å². The Morgan fingerprint density at radius 2 is 2.50 bits per heavy atom. The van der Waals surface area contributed by atoms with Gasteiger partial charge in [-0.15, -0.1) is 0 Å². The second-order valence-electron chi connectivity index (χ2n) is 2.68. The third kappa shape index (κ3) is 2.42. The number of rotatable bonds is 2. The molecular weight excluding hydrogens is 156 g/mol. The molecule has 0 aromatic carbocycles. The van der Waals surface area contributed by atoms with E-state index in [1.807, 2.05) is 0 Å². The number of allylic oxidation sites excluding steroid dienone is 1. The maximum absolute atomic E-state index is 11.0. The molecule has 0 saturated carbocycles. The van der Waals surface area contributed by atoms with Crippen molar-refractivity contribution in [2.45, 2.75) is 19.8 Å². The summed E-state index contributed by atoms with van der Waals surface area (Å²) in [5.74, 6) is -0.114. The molecule has 0 bridgehead atoms. The lowest BCUT2D eigenvalue weighted by Gasteiger charge is -2.13. The second-order valence-corrected chi connectivity index (χ2v) is 2.68. The molecule has 0 spiro atoms. The van der Waals surface area contributed by atoms with Crippen LogP contribution >= 0.6 is 0 Å². The summed E-state index contributed by atoms with van der Waals surface area (Å²) in [6.45, 7) is 5.69. The molecule has 0 amide bonds. The molecule has 0 aromatic rings. The fraction of sp³-hybridized carbons (Fsp3) is 0.444. The van der Waals surface area contributed by atoms with E-state index in [9.17, 15) is 4.79 Å². The highest BCUT2D eigenvalue weighted by atomic mass is 16.7. The van der Waals surface area contributed by atoms with Gasteiger partial charge in [-0.1, -0.05) is 6.58 Å². The molecule has 0 unspecified atom stereocenters. The van der Waals surface area contributed by atoms with E-state index in [2.05, 4.69) is 6.58 Å². The van der Waals surface area contributed by atoms with Crippen LogP contribution in [0.4, 0.5) is 0 Å². The first-order valence-corrected chi connectivity index (χ1v) is 3.91. The van der Waals surface area contributed by atoms with Crippen molar-refractivity contribution in [2.24, 2.45) is 0 Å². The van der Waals surface area contributed by atoms with Gasteiger partial charge in [-0.05, 0) is 25.8 Å². The van der Waals surface area contributed by atoms with Crippen LogP contribution in [0.5, 0.6) is 0 Å². The first-order chi connectivity index (χ1) is 5.70. The van der Waals surface area contributed by atoms with Gasteiger partial charge in [-0.2, -0.15) is 0 Å². The van der Waals surface area contributed by atoms with Gasteiger partial charge < -0.3 is 9.47 Å². The lowest BCUT2D eigenvalue weighted by molar-refractivity contribution is -0.140. The van der Waals surface area contributed by atoms with Crippen molar-refractivity contribution in [3.05, 3.63) is 24.2 Å². The summed E-state index contributed by atoms with van der Waals surface area (Å²) in [7, 11) is 0. The Balaban J connectivity index is 2.44. The van der Waals surface area contributed by atoms with Crippen molar-refractivity contribution in [3.63, 3.8) is 0 Å². The van der Waals surface area contributed by atoms with Gasteiger partial charge in [0.15, 0.2) is 0 Å². The Morgan fingerprint density at radius 3 is 3.00 bits per heavy atom. The zero-order chi connectivity index (χ0) is 8.97. The van der Waals surface area contributed by atoms with E-state index in [0.29, 0.717) is 18.1 Å². The van der Waals surface area contributed by atoms with Crippen LogP contribution in [0.15, 0.2) is 24.2 Å². The highest BCUT2D eigenvalue weighted by Gasteiger charge is 2.10. The predicted octanol–water partition coefficient (Wildman–Crippen LogP) is 1.76. The van der Waals surface area contributed by atoms with Gasteiger partial charge in [0.25, 0.3) is 5.95 Å². The Morgan fingerprint density at radius 1 is 1.75 bits per heavy atom. The number of hydrogen-bond acceptors (Lipinski definition) is 3. The molecule has 1 heterocycles. The van der Waals surface area contributed by atoms with Crippen molar-refractivity contribution in [3.8, 4) is 0 Å². The minimum Gasteiger partial charge on any atom is -0.465 e. The molecular formula is C9H12O3. The molecule has 1 aliphatic rings. The van der Waals surface area contributed by atoms with Crippen molar-refractivity contribution in [1.29, 1.82) is 0 Å². The maximum Gasteiger partial charge on any atom is 0.340 e. The number of carbonyl (C=O) groups excluding carboxylic acids is 1. The molecule has 0 saturated heterocycles. The highest BCUT2D eigenvalue weighted by molar-refractivity contribution is 5.87. The molecule has 3 heteroatoms. The summed E-state index contributed by atoms with van der Waals surface area (Å²) in [6.07, 6.45) is 3.65. The fourth-order valence-electron chi connectivity index (χ4n) is 0.785. The van der Waals surface area contributed by atoms with E-state index in [-0.39, 0.29) is 0 Å². The van der Waals surface area contributed by atoms with Gasteiger partial charge in [-0.3, -0.25) is 0 Å². The summed E-state index contributed by atoms with van der Waals surface area (Å²) in [6, 6.07) is 0. The van der Waals surface area contributed by atoms with E-state index >= 15 is 0 Å². The quantitative estimate of drug-likeness (QED) is 0.465. The number of ether oxygens (including phenoxy) is 2. The van der Waals surface area contributed by atoms with Gasteiger partial charge in [0.05, 0.1) is 6.61 Å². The highest BCUT2D eigenvalue weighted by Crippen LogP contribution is 2.12. The Kier molecular flexibility index (Phi) is 2.91. The molecule has 0 aliphatic carbocycles. The Bertz CT molecular complexity index is 228. The molecule has 1 rings (SSSR count). The maximum atomic E-state index is 11.0. The summed E-state index contributed by atoms with van der Waals surface area (Å²) >= 11 is 0. The molecule has 0 N–H and O–H groups in total. The summed E-state index contributed by atoms with van der Waals surface area (Å²) < 4.78 is 9.93. The van der Waals surface area contributed by atoms with Crippen LogP contribution in [0.25, 0.3) is 0 Å². The average molecular weight is 168 g/mol. The third-order valence-electron chi connectivity index (χ3n) is 1.45. The molecule has 66 valence electrons. The van der Waals surface area contributed by atoms with Gasteiger partial charge in [-0.25, -0.2) is 4.79 Å². The molecule has 12 heavy (non-hydrogen) atoms. The van der Waals surface area contributed by atoms with Gasteiger partial charge in [0.2, 0.25) is 0 Å². The standard InChI is InChI=1S/C9H12O3/c1-7(2)9(10)12-8-5-3-4-6-11-8/h5H,1,3-4,6H2,2H3.